The number of amides is 1. The van der Waals surface area contributed by atoms with Crippen molar-refractivity contribution in [1.82, 2.24) is 14.8 Å². The number of benzene rings is 2. The fraction of sp³-hybridized carbons (Fsp3) is 0.111. The van der Waals surface area contributed by atoms with Gasteiger partial charge in [-0.2, -0.15) is 10.1 Å². The molecule has 0 atom stereocenters. The van der Waals surface area contributed by atoms with Gasteiger partial charge in [0, 0.05) is 11.3 Å². The minimum absolute atomic E-state index is 0.205. The Labute approximate surface area is 143 Å². The molecular formula is C18H16N4O3. The number of carbonyl (C=O) groups excluding carboxylic acids is 1. The first kappa shape index (κ1) is 16.4. The summed E-state index contributed by atoms with van der Waals surface area (Å²) in [4.78, 5) is 28.1. The summed E-state index contributed by atoms with van der Waals surface area (Å²) in [6.45, 7) is -0.205. The highest BCUT2D eigenvalue weighted by molar-refractivity contribution is 5.90. The number of hydrogen-bond donors (Lipinski definition) is 1. The number of methoxy groups -OCH3 is 1. The van der Waals surface area contributed by atoms with Crippen LogP contribution in [0.3, 0.4) is 0 Å². The van der Waals surface area contributed by atoms with Crippen LogP contribution in [0.15, 0.2) is 65.6 Å². The molecule has 0 fully saturated rings. The van der Waals surface area contributed by atoms with Gasteiger partial charge in [0.25, 0.3) is 0 Å². The molecule has 1 heterocycles. The molecule has 1 N–H and O–H groups in total. The Morgan fingerprint density at radius 3 is 2.48 bits per heavy atom. The number of nitrogens with one attached hydrogen (secondary N) is 1. The third-order valence-electron chi connectivity index (χ3n) is 3.49. The van der Waals surface area contributed by atoms with Gasteiger partial charge in [-0.1, -0.05) is 18.2 Å². The second kappa shape index (κ2) is 7.39. The van der Waals surface area contributed by atoms with Gasteiger partial charge in [0.1, 0.15) is 12.3 Å². The third kappa shape index (κ3) is 4.08. The van der Waals surface area contributed by atoms with E-state index >= 15 is 0 Å². The van der Waals surface area contributed by atoms with Gasteiger partial charge < -0.3 is 10.1 Å². The smallest absolute Gasteiger partial charge is 0.365 e. The highest BCUT2D eigenvalue weighted by Crippen LogP contribution is 2.18. The van der Waals surface area contributed by atoms with Crippen LogP contribution in [0.25, 0.3) is 11.3 Å². The molecule has 7 heteroatoms. The zero-order valence-electron chi connectivity index (χ0n) is 13.5. The zero-order chi connectivity index (χ0) is 17.6. The molecule has 0 radical (unpaired) electrons. The Morgan fingerprint density at radius 1 is 1.12 bits per heavy atom. The molecule has 0 saturated heterocycles. The first-order valence-corrected chi connectivity index (χ1v) is 7.59. The lowest BCUT2D eigenvalue weighted by atomic mass is 10.1. The van der Waals surface area contributed by atoms with Gasteiger partial charge in [-0.15, -0.1) is 0 Å². The number of rotatable bonds is 5. The molecule has 0 aliphatic heterocycles. The highest BCUT2D eigenvalue weighted by Gasteiger charge is 2.09. The summed E-state index contributed by atoms with van der Waals surface area (Å²) in [5.74, 6) is 0.363. The van der Waals surface area contributed by atoms with Crippen molar-refractivity contribution in [3.05, 3.63) is 71.3 Å². The molecule has 0 spiro atoms. The van der Waals surface area contributed by atoms with Crippen molar-refractivity contribution in [2.24, 2.45) is 0 Å². The molecule has 0 unspecified atom stereocenters. The molecule has 1 amide bonds. The fourth-order valence-corrected chi connectivity index (χ4v) is 2.23. The van der Waals surface area contributed by atoms with E-state index in [4.69, 9.17) is 4.74 Å². The predicted octanol–water partition coefficient (Wildman–Crippen LogP) is 1.95. The molecule has 0 saturated carbocycles. The Bertz CT molecular complexity index is 921. The lowest BCUT2D eigenvalue weighted by Crippen LogP contribution is -2.31. The van der Waals surface area contributed by atoms with E-state index in [0.29, 0.717) is 17.1 Å². The van der Waals surface area contributed by atoms with Crippen LogP contribution in [0.5, 0.6) is 5.75 Å². The van der Waals surface area contributed by atoms with Crippen molar-refractivity contribution in [2.75, 3.05) is 12.4 Å². The van der Waals surface area contributed by atoms with Crippen molar-refractivity contribution in [1.29, 1.82) is 0 Å². The first-order valence-electron chi connectivity index (χ1n) is 7.59. The van der Waals surface area contributed by atoms with Crippen molar-refractivity contribution in [3.8, 4) is 17.0 Å². The second-order valence-corrected chi connectivity index (χ2v) is 5.22. The number of ether oxygens (including phenoxy) is 1. The van der Waals surface area contributed by atoms with E-state index in [0.717, 1.165) is 10.2 Å². The minimum Gasteiger partial charge on any atom is -0.497 e. The molecule has 3 rings (SSSR count). The lowest BCUT2D eigenvalue weighted by Gasteiger charge is -2.07. The molecule has 126 valence electrons. The Morgan fingerprint density at radius 2 is 1.84 bits per heavy atom. The number of carbonyl (C=O) groups is 1. The van der Waals surface area contributed by atoms with Crippen molar-refractivity contribution >= 4 is 11.6 Å². The number of hydrogen-bond acceptors (Lipinski definition) is 5. The Balaban J connectivity index is 1.73. The van der Waals surface area contributed by atoms with Gasteiger partial charge in [0.2, 0.25) is 5.91 Å². The fourth-order valence-electron chi connectivity index (χ4n) is 2.23. The van der Waals surface area contributed by atoms with Gasteiger partial charge in [-0.25, -0.2) is 9.48 Å². The van der Waals surface area contributed by atoms with Crippen LogP contribution < -0.4 is 15.7 Å². The van der Waals surface area contributed by atoms with Gasteiger partial charge in [0.15, 0.2) is 0 Å². The predicted molar refractivity (Wildman–Crippen MR) is 93.4 cm³/mol. The van der Waals surface area contributed by atoms with Crippen LogP contribution in [0.4, 0.5) is 5.69 Å². The van der Waals surface area contributed by atoms with E-state index < -0.39 is 5.69 Å². The average Bonchev–Trinajstić information content (AvgIpc) is 2.64. The maximum absolute atomic E-state index is 12.1. The molecule has 0 aliphatic carbocycles. The molecule has 0 bridgehead atoms. The summed E-state index contributed by atoms with van der Waals surface area (Å²) in [6.07, 6.45) is 1.46. The summed E-state index contributed by atoms with van der Waals surface area (Å²) in [5.41, 5.74) is 1.25. The minimum atomic E-state index is -0.587. The second-order valence-electron chi connectivity index (χ2n) is 5.22. The normalized spacial score (nSPS) is 10.3. The van der Waals surface area contributed by atoms with Gasteiger partial charge in [0.05, 0.1) is 19.0 Å². The van der Waals surface area contributed by atoms with E-state index in [2.05, 4.69) is 15.4 Å². The van der Waals surface area contributed by atoms with Crippen molar-refractivity contribution in [2.45, 2.75) is 6.54 Å². The van der Waals surface area contributed by atoms with Crippen LogP contribution in [-0.4, -0.2) is 27.8 Å². The largest absolute Gasteiger partial charge is 0.497 e. The van der Waals surface area contributed by atoms with Crippen LogP contribution in [0.1, 0.15) is 0 Å². The van der Waals surface area contributed by atoms with E-state index in [1.54, 1.807) is 43.5 Å². The number of anilines is 1. The summed E-state index contributed by atoms with van der Waals surface area (Å²) >= 11 is 0. The zero-order valence-corrected chi connectivity index (χ0v) is 13.5. The van der Waals surface area contributed by atoms with Crippen LogP contribution in [-0.2, 0) is 11.3 Å². The Kier molecular flexibility index (Phi) is 4.84. The molecule has 0 aliphatic rings. The first-order chi connectivity index (χ1) is 12.2. The van der Waals surface area contributed by atoms with E-state index in [9.17, 15) is 9.59 Å². The standard InChI is InChI=1S/C18H16N4O3/c1-25-15-9-7-13(8-10-15)16-11-19-22(18(24)21-16)12-17(23)20-14-5-3-2-4-6-14/h2-11H,12H2,1H3,(H,20,23). The lowest BCUT2D eigenvalue weighted by molar-refractivity contribution is -0.117. The monoisotopic (exact) mass is 336 g/mol. The number of nitrogens with zero attached hydrogens (tertiary/aromatic N) is 3. The van der Waals surface area contributed by atoms with Gasteiger partial charge in [-0.05, 0) is 36.4 Å². The van der Waals surface area contributed by atoms with Crippen LogP contribution >= 0.6 is 0 Å². The Hall–Kier alpha value is -3.48. The summed E-state index contributed by atoms with van der Waals surface area (Å²) < 4.78 is 6.11. The quantitative estimate of drug-likeness (QED) is 0.770. The summed E-state index contributed by atoms with van der Waals surface area (Å²) in [7, 11) is 1.58. The highest BCUT2D eigenvalue weighted by atomic mass is 16.5. The van der Waals surface area contributed by atoms with E-state index in [1.807, 2.05) is 18.2 Å². The average molecular weight is 336 g/mol. The van der Waals surface area contributed by atoms with Crippen molar-refractivity contribution in [3.63, 3.8) is 0 Å². The van der Waals surface area contributed by atoms with E-state index in [-0.39, 0.29) is 12.5 Å². The summed E-state index contributed by atoms with van der Waals surface area (Å²) in [5, 5.41) is 6.72. The SMILES string of the molecule is COc1ccc(-c2cnn(CC(=O)Nc3ccccc3)c(=O)n2)cc1. The van der Waals surface area contributed by atoms with E-state index in [1.165, 1.54) is 6.20 Å². The maximum atomic E-state index is 12.1. The molecule has 1 aromatic heterocycles. The third-order valence-corrected chi connectivity index (χ3v) is 3.49. The molecular weight excluding hydrogens is 320 g/mol. The molecule has 3 aromatic rings. The summed E-state index contributed by atoms with van der Waals surface area (Å²) in [6, 6.07) is 16.1. The topological polar surface area (TPSA) is 86.1 Å². The maximum Gasteiger partial charge on any atom is 0.365 e. The van der Waals surface area contributed by atoms with Crippen LogP contribution in [0.2, 0.25) is 0 Å². The number of aromatic nitrogens is 3. The molecule has 2 aromatic carbocycles. The van der Waals surface area contributed by atoms with Crippen LogP contribution in [0, 0.1) is 0 Å². The number of para-hydroxylation sites is 1. The van der Waals surface area contributed by atoms with Crippen molar-refractivity contribution < 1.29 is 9.53 Å². The molecule has 25 heavy (non-hydrogen) atoms. The van der Waals surface area contributed by atoms with Gasteiger partial charge >= 0.3 is 5.69 Å². The van der Waals surface area contributed by atoms with Gasteiger partial charge in [-0.3, -0.25) is 4.79 Å². The molecule has 7 nitrogen and oxygen atoms in total.